The standard InChI is InChI=1S/C22H30N2O4S/c1-5-24(6-2)29(26,27)19-14-15-21(28-4)20(16-19)22(25)23-17(3)12-13-18-10-8-7-9-11-18/h7-11,14-17H,5-6,12-13H2,1-4H3,(H,23,25). The molecule has 1 N–H and O–H groups in total. The van der Waals surface area contributed by atoms with Crippen molar-refractivity contribution in [2.45, 2.75) is 44.6 Å². The van der Waals surface area contributed by atoms with Crippen LogP contribution in [0.1, 0.15) is 43.1 Å². The van der Waals surface area contributed by atoms with Gasteiger partial charge in [-0.15, -0.1) is 0 Å². The highest BCUT2D eigenvalue weighted by atomic mass is 32.2. The summed E-state index contributed by atoms with van der Waals surface area (Å²) < 4.78 is 32.3. The van der Waals surface area contributed by atoms with Gasteiger partial charge in [-0.3, -0.25) is 4.79 Å². The van der Waals surface area contributed by atoms with Gasteiger partial charge >= 0.3 is 0 Å². The molecule has 0 saturated carbocycles. The van der Waals surface area contributed by atoms with Crippen LogP contribution in [0, 0.1) is 0 Å². The molecular formula is C22H30N2O4S. The molecule has 7 heteroatoms. The Bertz CT molecular complexity index is 910. The Morgan fingerprint density at radius 3 is 2.34 bits per heavy atom. The molecular weight excluding hydrogens is 388 g/mol. The van der Waals surface area contributed by atoms with Gasteiger partial charge in [-0.25, -0.2) is 8.42 Å². The first-order chi connectivity index (χ1) is 13.8. The van der Waals surface area contributed by atoms with Crippen molar-refractivity contribution in [2.75, 3.05) is 20.2 Å². The Morgan fingerprint density at radius 1 is 1.10 bits per heavy atom. The molecule has 0 aromatic heterocycles. The van der Waals surface area contributed by atoms with Gasteiger partial charge in [0.1, 0.15) is 5.75 Å². The summed E-state index contributed by atoms with van der Waals surface area (Å²) >= 11 is 0. The van der Waals surface area contributed by atoms with E-state index >= 15 is 0 Å². The zero-order valence-corrected chi connectivity index (χ0v) is 18.3. The Hall–Kier alpha value is -2.38. The number of carbonyl (C=O) groups excluding carboxylic acids is 1. The minimum Gasteiger partial charge on any atom is -0.496 e. The summed E-state index contributed by atoms with van der Waals surface area (Å²) in [6.45, 7) is 6.23. The lowest BCUT2D eigenvalue weighted by Crippen LogP contribution is -2.34. The summed E-state index contributed by atoms with van der Waals surface area (Å²) in [4.78, 5) is 12.9. The molecule has 0 radical (unpaired) electrons. The second-order valence-corrected chi connectivity index (χ2v) is 8.79. The van der Waals surface area contributed by atoms with Crippen LogP contribution in [0.15, 0.2) is 53.4 Å². The van der Waals surface area contributed by atoms with Crippen LogP contribution in [0.25, 0.3) is 0 Å². The quantitative estimate of drug-likeness (QED) is 0.641. The maximum absolute atomic E-state index is 12.8. The van der Waals surface area contributed by atoms with Crippen LogP contribution in [0.5, 0.6) is 5.75 Å². The smallest absolute Gasteiger partial charge is 0.255 e. The van der Waals surface area contributed by atoms with Crippen LogP contribution in [0.2, 0.25) is 0 Å². The maximum atomic E-state index is 12.8. The van der Waals surface area contributed by atoms with Gasteiger partial charge in [0, 0.05) is 19.1 Å². The summed E-state index contributed by atoms with van der Waals surface area (Å²) in [6.07, 6.45) is 1.62. The molecule has 0 spiro atoms. The second-order valence-electron chi connectivity index (χ2n) is 6.85. The first kappa shape index (κ1) is 22.9. The number of aryl methyl sites for hydroxylation is 1. The number of nitrogens with zero attached hydrogens (tertiary/aromatic N) is 1. The molecule has 0 fully saturated rings. The number of benzene rings is 2. The van der Waals surface area contributed by atoms with Gasteiger partial charge in [0.05, 0.1) is 17.6 Å². The highest BCUT2D eigenvalue weighted by Gasteiger charge is 2.24. The van der Waals surface area contributed by atoms with Gasteiger partial charge in [-0.2, -0.15) is 4.31 Å². The number of hydrogen-bond donors (Lipinski definition) is 1. The number of rotatable bonds is 10. The van der Waals surface area contributed by atoms with Crippen molar-refractivity contribution in [3.63, 3.8) is 0 Å². The Morgan fingerprint density at radius 2 is 1.76 bits per heavy atom. The van der Waals surface area contributed by atoms with Gasteiger partial charge in [0.2, 0.25) is 10.0 Å². The molecule has 0 aliphatic heterocycles. The Balaban J connectivity index is 2.18. The van der Waals surface area contributed by atoms with Crippen LogP contribution in [0.3, 0.4) is 0 Å². The topological polar surface area (TPSA) is 75.7 Å². The minimum atomic E-state index is -3.66. The average Bonchev–Trinajstić information content (AvgIpc) is 2.73. The van der Waals surface area contributed by atoms with Gasteiger partial charge < -0.3 is 10.1 Å². The Labute approximate surface area is 173 Å². The van der Waals surface area contributed by atoms with Crippen molar-refractivity contribution in [3.05, 3.63) is 59.7 Å². The van der Waals surface area contributed by atoms with Crippen molar-refractivity contribution < 1.29 is 17.9 Å². The molecule has 0 bridgehead atoms. The van der Waals surface area contributed by atoms with Crippen molar-refractivity contribution >= 4 is 15.9 Å². The third kappa shape index (κ3) is 5.81. The third-order valence-electron chi connectivity index (χ3n) is 4.85. The van der Waals surface area contributed by atoms with Crippen LogP contribution in [-0.2, 0) is 16.4 Å². The fourth-order valence-corrected chi connectivity index (χ4v) is 4.62. The zero-order chi connectivity index (χ0) is 21.4. The van der Waals surface area contributed by atoms with Crippen LogP contribution in [0.4, 0.5) is 0 Å². The van der Waals surface area contributed by atoms with Crippen molar-refractivity contribution in [2.24, 2.45) is 0 Å². The van der Waals surface area contributed by atoms with Gasteiger partial charge in [-0.05, 0) is 43.5 Å². The molecule has 158 valence electrons. The van der Waals surface area contributed by atoms with E-state index in [2.05, 4.69) is 17.4 Å². The molecule has 0 saturated heterocycles. The molecule has 2 aromatic carbocycles. The van der Waals surface area contributed by atoms with E-state index in [4.69, 9.17) is 4.74 Å². The molecule has 1 amide bonds. The monoisotopic (exact) mass is 418 g/mol. The molecule has 6 nitrogen and oxygen atoms in total. The largest absolute Gasteiger partial charge is 0.496 e. The van der Waals surface area contributed by atoms with Crippen molar-refractivity contribution in [1.29, 1.82) is 0 Å². The van der Waals surface area contributed by atoms with E-state index in [1.54, 1.807) is 13.8 Å². The van der Waals surface area contributed by atoms with E-state index in [0.717, 1.165) is 12.8 Å². The highest BCUT2D eigenvalue weighted by molar-refractivity contribution is 7.89. The van der Waals surface area contributed by atoms with Crippen LogP contribution < -0.4 is 10.1 Å². The summed E-state index contributed by atoms with van der Waals surface area (Å²) in [6, 6.07) is 14.4. The molecule has 29 heavy (non-hydrogen) atoms. The third-order valence-corrected chi connectivity index (χ3v) is 6.89. The zero-order valence-electron chi connectivity index (χ0n) is 17.5. The van der Waals surface area contributed by atoms with Gasteiger partial charge in [0.15, 0.2) is 0 Å². The normalized spacial score (nSPS) is 12.6. The summed E-state index contributed by atoms with van der Waals surface area (Å²) in [5, 5.41) is 2.95. The lowest BCUT2D eigenvalue weighted by Gasteiger charge is -2.20. The average molecular weight is 419 g/mol. The van der Waals surface area contributed by atoms with Crippen molar-refractivity contribution in [1.82, 2.24) is 9.62 Å². The van der Waals surface area contributed by atoms with Crippen molar-refractivity contribution in [3.8, 4) is 5.75 Å². The molecule has 0 aliphatic rings. The summed E-state index contributed by atoms with van der Waals surface area (Å²) in [5.74, 6) is -0.00438. The number of amides is 1. The minimum absolute atomic E-state index is 0.0737. The fraction of sp³-hybridized carbons (Fsp3) is 0.409. The molecule has 2 rings (SSSR count). The number of sulfonamides is 1. The number of carbonyl (C=O) groups is 1. The lowest BCUT2D eigenvalue weighted by molar-refractivity contribution is 0.0935. The molecule has 0 heterocycles. The van der Waals surface area contributed by atoms with Crippen LogP contribution >= 0.6 is 0 Å². The van der Waals surface area contributed by atoms with E-state index in [1.165, 1.54) is 35.2 Å². The molecule has 2 aromatic rings. The van der Waals surface area contributed by atoms with E-state index < -0.39 is 10.0 Å². The molecule has 1 unspecified atom stereocenters. The fourth-order valence-electron chi connectivity index (χ4n) is 3.14. The molecule has 0 aliphatic carbocycles. The highest BCUT2D eigenvalue weighted by Crippen LogP contribution is 2.25. The number of methoxy groups -OCH3 is 1. The van der Waals surface area contributed by atoms with E-state index in [-0.39, 0.29) is 22.4 Å². The van der Waals surface area contributed by atoms with Gasteiger partial charge in [-0.1, -0.05) is 44.2 Å². The number of hydrogen-bond acceptors (Lipinski definition) is 4. The number of ether oxygens (including phenoxy) is 1. The predicted octanol–water partition coefficient (Wildman–Crippen LogP) is 3.48. The van der Waals surface area contributed by atoms with E-state index in [9.17, 15) is 13.2 Å². The summed E-state index contributed by atoms with van der Waals surface area (Å²) in [5.41, 5.74) is 1.42. The van der Waals surface area contributed by atoms with E-state index in [1.807, 2.05) is 25.1 Å². The summed E-state index contributed by atoms with van der Waals surface area (Å²) in [7, 11) is -2.20. The first-order valence-corrected chi connectivity index (χ1v) is 11.3. The molecule has 1 atom stereocenters. The predicted molar refractivity (Wildman–Crippen MR) is 115 cm³/mol. The lowest BCUT2D eigenvalue weighted by atomic mass is 10.1. The van der Waals surface area contributed by atoms with Gasteiger partial charge in [0.25, 0.3) is 5.91 Å². The van der Waals surface area contributed by atoms with Crippen LogP contribution in [-0.4, -0.2) is 44.9 Å². The van der Waals surface area contributed by atoms with E-state index in [0.29, 0.717) is 18.8 Å². The maximum Gasteiger partial charge on any atom is 0.255 e. The first-order valence-electron chi connectivity index (χ1n) is 9.86. The SMILES string of the molecule is CCN(CC)S(=O)(=O)c1ccc(OC)c(C(=O)NC(C)CCc2ccccc2)c1. The Kier molecular flexibility index (Phi) is 8.22. The number of nitrogens with one attached hydrogen (secondary N) is 1. The second kappa shape index (κ2) is 10.4.